The molecule has 1 aromatic carbocycles. The minimum absolute atomic E-state index is 0.0467. The van der Waals surface area contributed by atoms with Crippen molar-refractivity contribution in [3.63, 3.8) is 0 Å². The van der Waals surface area contributed by atoms with Crippen LogP contribution in [0, 0.1) is 6.92 Å². The molecular formula is C17H19ClN4O2S. The lowest BCUT2D eigenvalue weighted by Gasteiger charge is -2.20. The van der Waals surface area contributed by atoms with Crippen molar-refractivity contribution in [1.29, 1.82) is 0 Å². The van der Waals surface area contributed by atoms with Crippen molar-refractivity contribution in [2.24, 2.45) is 5.73 Å². The number of carbonyl (C=O) groups excluding carboxylic acids is 2. The van der Waals surface area contributed by atoms with Crippen LogP contribution in [0.3, 0.4) is 0 Å². The second-order valence-electron chi connectivity index (χ2n) is 5.91. The first-order valence-electron chi connectivity index (χ1n) is 8.02. The van der Waals surface area contributed by atoms with E-state index in [-0.39, 0.29) is 5.91 Å². The zero-order valence-corrected chi connectivity index (χ0v) is 15.4. The molecule has 0 aliphatic carbocycles. The molecule has 3 rings (SSSR count). The van der Waals surface area contributed by atoms with E-state index < -0.39 is 6.03 Å². The fraction of sp³-hybridized carbons (Fsp3) is 0.353. The standard InChI is InChI=1S/C17H19ClN4O2S/c1-11-14(25-15(20-11)12-4-2-5-13(18)10-12)16(23)21-6-3-7-22(9-8-21)17(19)24/h2,4-5,10H,3,6-9H2,1H3,(H2,19,24). The summed E-state index contributed by atoms with van der Waals surface area (Å²) in [5.74, 6) is -0.0467. The summed E-state index contributed by atoms with van der Waals surface area (Å²) >= 11 is 7.41. The van der Waals surface area contributed by atoms with Crippen LogP contribution in [0.1, 0.15) is 21.8 Å². The van der Waals surface area contributed by atoms with Crippen molar-refractivity contribution in [3.05, 3.63) is 39.9 Å². The van der Waals surface area contributed by atoms with Crippen molar-refractivity contribution in [2.75, 3.05) is 26.2 Å². The van der Waals surface area contributed by atoms with Gasteiger partial charge in [-0.15, -0.1) is 11.3 Å². The van der Waals surface area contributed by atoms with Gasteiger partial charge in [0.2, 0.25) is 0 Å². The predicted octanol–water partition coefficient (Wildman–Crippen LogP) is 3.00. The number of benzene rings is 1. The summed E-state index contributed by atoms with van der Waals surface area (Å²) in [6.07, 6.45) is 0.716. The summed E-state index contributed by atoms with van der Waals surface area (Å²) in [4.78, 5) is 32.7. The van der Waals surface area contributed by atoms with Crippen LogP contribution in [-0.4, -0.2) is 52.9 Å². The van der Waals surface area contributed by atoms with E-state index in [1.165, 1.54) is 11.3 Å². The monoisotopic (exact) mass is 378 g/mol. The number of nitrogens with two attached hydrogens (primary N) is 1. The highest BCUT2D eigenvalue weighted by Gasteiger charge is 2.25. The third kappa shape index (κ3) is 3.93. The number of nitrogens with zero attached hydrogens (tertiary/aromatic N) is 3. The van der Waals surface area contributed by atoms with Crippen LogP contribution in [0.15, 0.2) is 24.3 Å². The van der Waals surface area contributed by atoms with E-state index in [0.717, 1.165) is 10.6 Å². The molecule has 25 heavy (non-hydrogen) atoms. The van der Waals surface area contributed by atoms with Gasteiger partial charge in [0, 0.05) is 36.8 Å². The number of aromatic nitrogens is 1. The molecule has 0 radical (unpaired) electrons. The van der Waals surface area contributed by atoms with Gasteiger partial charge in [-0.05, 0) is 25.5 Å². The Morgan fingerprint density at radius 3 is 2.64 bits per heavy atom. The molecule has 2 aromatic rings. The summed E-state index contributed by atoms with van der Waals surface area (Å²) < 4.78 is 0. The summed E-state index contributed by atoms with van der Waals surface area (Å²) in [5, 5.41) is 1.41. The maximum absolute atomic E-state index is 12.9. The van der Waals surface area contributed by atoms with E-state index in [4.69, 9.17) is 17.3 Å². The van der Waals surface area contributed by atoms with Gasteiger partial charge < -0.3 is 15.5 Å². The Bertz CT molecular complexity index is 808. The number of rotatable bonds is 2. The van der Waals surface area contributed by atoms with Gasteiger partial charge in [-0.25, -0.2) is 9.78 Å². The van der Waals surface area contributed by atoms with Gasteiger partial charge in [-0.2, -0.15) is 0 Å². The molecule has 3 amide bonds. The van der Waals surface area contributed by atoms with Crippen LogP contribution in [0.2, 0.25) is 5.02 Å². The Morgan fingerprint density at radius 2 is 1.92 bits per heavy atom. The lowest BCUT2D eigenvalue weighted by Crippen LogP contribution is -2.39. The Kier molecular flexibility index (Phi) is 5.24. The highest BCUT2D eigenvalue weighted by atomic mass is 35.5. The summed E-state index contributed by atoms with van der Waals surface area (Å²) in [6, 6.07) is 6.99. The molecule has 6 nitrogen and oxygen atoms in total. The van der Waals surface area contributed by atoms with Gasteiger partial charge >= 0.3 is 6.03 Å². The normalized spacial score (nSPS) is 15.1. The number of primary amides is 1. The second kappa shape index (κ2) is 7.41. The molecule has 1 aromatic heterocycles. The van der Waals surface area contributed by atoms with Crippen LogP contribution in [0.5, 0.6) is 0 Å². The van der Waals surface area contributed by atoms with Crippen molar-refractivity contribution in [2.45, 2.75) is 13.3 Å². The number of hydrogen-bond donors (Lipinski definition) is 1. The third-order valence-corrected chi connectivity index (χ3v) is 5.59. The summed E-state index contributed by atoms with van der Waals surface area (Å²) in [5.41, 5.74) is 6.95. The average Bonchev–Trinajstić information content (AvgIpc) is 2.81. The molecular weight excluding hydrogens is 360 g/mol. The van der Waals surface area contributed by atoms with Gasteiger partial charge in [0.1, 0.15) is 9.88 Å². The number of carbonyl (C=O) groups is 2. The first kappa shape index (κ1) is 17.7. The Hall–Kier alpha value is -2.12. The molecule has 1 fully saturated rings. The fourth-order valence-corrected chi connectivity index (χ4v) is 4.05. The number of amides is 3. The van der Waals surface area contributed by atoms with E-state index in [9.17, 15) is 9.59 Å². The maximum atomic E-state index is 12.9. The topological polar surface area (TPSA) is 79.5 Å². The molecule has 2 heterocycles. The van der Waals surface area contributed by atoms with E-state index >= 15 is 0 Å². The molecule has 132 valence electrons. The third-order valence-electron chi connectivity index (χ3n) is 4.16. The summed E-state index contributed by atoms with van der Waals surface area (Å²) in [6.45, 7) is 3.96. The van der Waals surface area contributed by atoms with E-state index in [2.05, 4.69) is 4.98 Å². The summed E-state index contributed by atoms with van der Waals surface area (Å²) in [7, 11) is 0. The second-order valence-corrected chi connectivity index (χ2v) is 7.35. The molecule has 0 unspecified atom stereocenters. The van der Waals surface area contributed by atoms with Gasteiger partial charge in [0.25, 0.3) is 5.91 Å². The highest BCUT2D eigenvalue weighted by Crippen LogP contribution is 2.30. The Labute approximate surface area is 155 Å². The molecule has 0 saturated carbocycles. The van der Waals surface area contributed by atoms with Crippen LogP contribution >= 0.6 is 22.9 Å². The number of aryl methyl sites for hydroxylation is 1. The van der Waals surface area contributed by atoms with Gasteiger partial charge in [-0.3, -0.25) is 4.79 Å². The number of thiazole rings is 1. The number of halogens is 1. The van der Waals surface area contributed by atoms with Crippen LogP contribution in [0.4, 0.5) is 4.79 Å². The van der Waals surface area contributed by atoms with Gasteiger partial charge in [0.05, 0.1) is 5.69 Å². The van der Waals surface area contributed by atoms with Crippen molar-refractivity contribution in [3.8, 4) is 10.6 Å². The smallest absolute Gasteiger partial charge is 0.314 e. The molecule has 1 saturated heterocycles. The molecule has 2 N–H and O–H groups in total. The minimum atomic E-state index is -0.438. The van der Waals surface area contributed by atoms with E-state index in [0.29, 0.717) is 48.2 Å². The zero-order chi connectivity index (χ0) is 18.0. The van der Waals surface area contributed by atoms with Crippen LogP contribution < -0.4 is 5.73 Å². The largest absolute Gasteiger partial charge is 0.351 e. The first-order valence-corrected chi connectivity index (χ1v) is 9.22. The predicted molar refractivity (Wildman–Crippen MR) is 99.0 cm³/mol. The zero-order valence-electron chi connectivity index (χ0n) is 13.9. The van der Waals surface area contributed by atoms with E-state index in [1.54, 1.807) is 15.9 Å². The lowest BCUT2D eigenvalue weighted by molar-refractivity contribution is 0.0766. The molecule has 8 heteroatoms. The SMILES string of the molecule is Cc1nc(-c2cccc(Cl)c2)sc1C(=O)N1CCCN(C(N)=O)CC1. The molecule has 0 bridgehead atoms. The maximum Gasteiger partial charge on any atom is 0.314 e. The van der Waals surface area contributed by atoms with Gasteiger partial charge in [-0.1, -0.05) is 23.7 Å². The quantitative estimate of drug-likeness (QED) is 0.872. The van der Waals surface area contributed by atoms with Crippen LogP contribution in [0.25, 0.3) is 10.6 Å². The average molecular weight is 379 g/mol. The molecule has 0 atom stereocenters. The van der Waals surface area contributed by atoms with Crippen LogP contribution in [-0.2, 0) is 0 Å². The molecule has 1 aliphatic heterocycles. The molecule has 1 aliphatic rings. The van der Waals surface area contributed by atoms with Crippen molar-refractivity contribution in [1.82, 2.24) is 14.8 Å². The first-order chi connectivity index (χ1) is 12.0. The number of urea groups is 1. The van der Waals surface area contributed by atoms with E-state index in [1.807, 2.05) is 25.1 Å². The minimum Gasteiger partial charge on any atom is -0.351 e. The van der Waals surface area contributed by atoms with Crippen molar-refractivity contribution >= 4 is 34.9 Å². The fourth-order valence-electron chi connectivity index (χ4n) is 2.82. The van der Waals surface area contributed by atoms with Gasteiger partial charge in [0.15, 0.2) is 0 Å². The Balaban J connectivity index is 1.80. The molecule has 0 spiro atoms. The lowest BCUT2D eigenvalue weighted by atomic mass is 10.2. The van der Waals surface area contributed by atoms with Crippen molar-refractivity contribution < 1.29 is 9.59 Å². The Morgan fingerprint density at radius 1 is 1.20 bits per heavy atom. The highest BCUT2D eigenvalue weighted by molar-refractivity contribution is 7.17. The number of hydrogen-bond acceptors (Lipinski definition) is 4.